The first-order chi connectivity index (χ1) is 5.99. The number of nitrogens with two attached hydrogens (primary N) is 1. The zero-order valence-corrected chi connectivity index (χ0v) is 7.31. The molecular formula is C8H14F3NO. The van der Waals surface area contributed by atoms with Crippen LogP contribution in [0.3, 0.4) is 0 Å². The van der Waals surface area contributed by atoms with Crippen LogP contribution in [0.5, 0.6) is 0 Å². The van der Waals surface area contributed by atoms with Crippen molar-refractivity contribution >= 4 is 0 Å². The average molecular weight is 197 g/mol. The van der Waals surface area contributed by atoms with Gasteiger partial charge in [0.15, 0.2) is 0 Å². The standard InChI is InChI=1S/C8H14F3NO/c9-8(10,11)5-13-7-4-2-1-3-6(7)12/h6-7H,1-5,12H2. The first-order valence-corrected chi connectivity index (χ1v) is 4.43. The molecule has 1 saturated carbocycles. The molecule has 0 aromatic rings. The Labute approximate surface area is 75.2 Å². The summed E-state index contributed by atoms with van der Waals surface area (Å²) in [5.41, 5.74) is 5.62. The molecule has 1 aliphatic carbocycles. The Morgan fingerprint density at radius 3 is 2.38 bits per heavy atom. The molecule has 0 saturated heterocycles. The molecule has 2 nitrogen and oxygen atoms in total. The molecule has 0 amide bonds. The Kier molecular flexibility index (Phi) is 3.55. The Balaban J connectivity index is 2.27. The first kappa shape index (κ1) is 10.8. The third-order valence-electron chi connectivity index (χ3n) is 2.21. The third kappa shape index (κ3) is 3.95. The van der Waals surface area contributed by atoms with Crippen LogP contribution < -0.4 is 5.73 Å². The largest absolute Gasteiger partial charge is 0.411 e. The fourth-order valence-electron chi connectivity index (χ4n) is 1.53. The van der Waals surface area contributed by atoms with Crippen LogP contribution in [0.4, 0.5) is 13.2 Å². The van der Waals surface area contributed by atoms with Crippen LogP contribution in [0, 0.1) is 0 Å². The SMILES string of the molecule is NC1CCCCC1OCC(F)(F)F. The van der Waals surface area contributed by atoms with Crippen molar-refractivity contribution in [2.75, 3.05) is 6.61 Å². The molecule has 0 aromatic carbocycles. The molecular weight excluding hydrogens is 183 g/mol. The van der Waals surface area contributed by atoms with E-state index >= 15 is 0 Å². The molecule has 0 aliphatic heterocycles. The minimum absolute atomic E-state index is 0.226. The molecule has 2 unspecified atom stereocenters. The number of rotatable bonds is 2. The number of hydrogen-bond acceptors (Lipinski definition) is 2. The summed E-state index contributed by atoms with van der Waals surface area (Å²) in [6, 6.07) is -0.226. The van der Waals surface area contributed by atoms with Gasteiger partial charge in [-0.3, -0.25) is 0 Å². The second-order valence-electron chi connectivity index (χ2n) is 3.41. The van der Waals surface area contributed by atoms with Gasteiger partial charge in [0.1, 0.15) is 6.61 Å². The lowest BCUT2D eigenvalue weighted by Crippen LogP contribution is -2.41. The lowest BCUT2D eigenvalue weighted by molar-refractivity contribution is -0.189. The van der Waals surface area contributed by atoms with E-state index in [1.807, 2.05) is 0 Å². The Bertz CT molecular complexity index is 160. The molecule has 0 radical (unpaired) electrons. The van der Waals surface area contributed by atoms with Gasteiger partial charge < -0.3 is 10.5 Å². The Morgan fingerprint density at radius 1 is 1.23 bits per heavy atom. The van der Waals surface area contributed by atoms with E-state index in [4.69, 9.17) is 10.5 Å². The maximum absolute atomic E-state index is 11.8. The highest BCUT2D eigenvalue weighted by Gasteiger charge is 2.31. The summed E-state index contributed by atoms with van der Waals surface area (Å²) in [6.07, 6.45) is -1.32. The predicted octanol–water partition coefficient (Wildman–Crippen LogP) is 1.84. The van der Waals surface area contributed by atoms with E-state index in [1.165, 1.54) is 0 Å². The number of halogens is 3. The summed E-state index contributed by atoms with van der Waals surface area (Å²) in [5, 5.41) is 0. The molecule has 1 rings (SSSR count). The minimum atomic E-state index is -4.24. The molecule has 0 aromatic heterocycles. The molecule has 78 valence electrons. The average Bonchev–Trinajstić information content (AvgIpc) is 2.01. The highest BCUT2D eigenvalue weighted by molar-refractivity contribution is 4.78. The smallest absolute Gasteiger partial charge is 0.367 e. The summed E-state index contributed by atoms with van der Waals surface area (Å²) in [5.74, 6) is 0. The molecule has 0 spiro atoms. The molecule has 5 heteroatoms. The van der Waals surface area contributed by atoms with Crippen LogP contribution >= 0.6 is 0 Å². The number of ether oxygens (including phenoxy) is 1. The minimum Gasteiger partial charge on any atom is -0.367 e. The summed E-state index contributed by atoms with van der Waals surface area (Å²) in [6.45, 7) is -1.18. The Hall–Kier alpha value is -0.290. The number of hydrogen-bond donors (Lipinski definition) is 1. The normalized spacial score (nSPS) is 30.5. The van der Waals surface area contributed by atoms with Crippen LogP contribution in [-0.2, 0) is 4.74 Å². The second kappa shape index (κ2) is 4.28. The zero-order valence-electron chi connectivity index (χ0n) is 7.31. The highest BCUT2D eigenvalue weighted by atomic mass is 19.4. The van der Waals surface area contributed by atoms with Crippen molar-refractivity contribution in [3.63, 3.8) is 0 Å². The zero-order chi connectivity index (χ0) is 9.90. The van der Waals surface area contributed by atoms with Crippen molar-refractivity contribution in [3.8, 4) is 0 Å². The molecule has 0 bridgehead atoms. The van der Waals surface area contributed by atoms with Crippen LogP contribution in [0.15, 0.2) is 0 Å². The summed E-state index contributed by atoms with van der Waals surface area (Å²) in [4.78, 5) is 0. The van der Waals surface area contributed by atoms with Gasteiger partial charge in [-0.15, -0.1) is 0 Å². The van der Waals surface area contributed by atoms with Crippen molar-refractivity contribution in [1.82, 2.24) is 0 Å². The van der Waals surface area contributed by atoms with Gasteiger partial charge in [-0.05, 0) is 12.8 Å². The van der Waals surface area contributed by atoms with Crippen molar-refractivity contribution in [1.29, 1.82) is 0 Å². The molecule has 1 aliphatic rings. The predicted molar refractivity (Wildman–Crippen MR) is 42.2 cm³/mol. The lowest BCUT2D eigenvalue weighted by atomic mass is 9.93. The summed E-state index contributed by atoms with van der Waals surface area (Å²) >= 11 is 0. The van der Waals surface area contributed by atoms with E-state index in [9.17, 15) is 13.2 Å². The van der Waals surface area contributed by atoms with Gasteiger partial charge in [0, 0.05) is 6.04 Å². The van der Waals surface area contributed by atoms with Gasteiger partial charge in [-0.1, -0.05) is 12.8 Å². The third-order valence-corrected chi connectivity index (χ3v) is 2.21. The van der Waals surface area contributed by atoms with E-state index in [0.29, 0.717) is 6.42 Å². The number of alkyl halides is 3. The van der Waals surface area contributed by atoms with Crippen LogP contribution in [0.1, 0.15) is 25.7 Å². The van der Waals surface area contributed by atoms with Crippen molar-refractivity contribution in [2.45, 2.75) is 44.0 Å². The van der Waals surface area contributed by atoms with Crippen molar-refractivity contribution < 1.29 is 17.9 Å². The van der Waals surface area contributed by atoms with Gasteiger partial charge in [0.2, 0.25) is 0 Å². The topological polar surface area (TPSA) is 35.2 Å². The maximum Gasteiger partial charge on any atom is 0.411 e. The van der Waals surface area contributed by atoms with Crippen LogP contribution in [0.25, 0.3) is 0 Å². The molecule has 2 atom stereocenters. The summed E-state index contributed by atoms with van der Waals surface area (Å²) < 4.78 is 40.0. The van der Waals surface area contributed by atoms with Crippen molar-refractivity contribution in [3.05, 3.63) is 0 Å². The molecule has 0 heterocycles. The fraction of sp³-hybridized carbons (Fsp3) is 1.00. The van der Waals surface area contributed by atoms with E-state index in [1.54, 1.807) is 0 Å². The van der Waals surface area contributed by atoms with Gasteiger partial charge in [0.25, 0.3) is 0 Å². The monoisotopic (exact) mass is 197 g/mol. The summed E-state index contributed by atoms with van der Waals surface area (Å²) in [7, 11) is 0. The van der Waals surface area contributed by atoms with Gasteiger partial charge >= 0.3 is 6.18 Å². The maximum atomic E-state index is 11.8. The van der Waals surface area contributed by atoms with E-state index in [0.717, 1.165) is 19.3 Å². The van der Waals surface area contributed by atoms with E-state index < -0.39 is 18.9 Å². The highest BCUT2D eigenvalue weighted by Crippen LogP contribution is 2.22. The Morgan fingerprint density at radius 2 is 1.85 bits per heavy atom. The first-order valence-electron chi connectivity index (χ1n) is 4.43. The fourth-order valence-corrected chi connectivity index (χ4v) is 1.53. The second-order valence-corrected chi connectivity index (χ2v) is 3.41. The van der Waals surface area contributed by atoms with Gasteiger partial charge in [0.05, 0.1) is 6.10 Å². The van der Waals surface area contributed by atoms with Gasteiger partial charge in [-0.25, -0.2) is 0 Å². The molecule has 2 N–H and O–H groups in total. The van der Waals surface area contributed by atoms with Gasteiger partial charge in [-0.2, -0.15) is 13.2 Å². The van der Waals surface area contributed by atoms with E-state index in [2.05, 4.69) is 0 Å². The molecule has 13 heavy (non-hydrogen) atoms. The van der Waals surface area contributed by atoms with Crippen LogP contribution in [-0.4, -0.2) is 24.9 Å². The molecule has 1 fully saturated rings. The van der Waals surface area contributed by atoms with Crippen LogP contribution in [0.2, 0.25) is 0 Å². The quantitative estimate of drug-likeness (QED) is 0.733. The van der Waals surface area contributed by atoms with Crippen molar-refractivity contribution in [2.24, 2.45) is 5.73 Å². The lowest BCUT2D eigenvalue weighted by Gasteiger charge is -2.28. The van der Waals surface area contributed by atoms with E-state index in [-0.39, 0.29) is 6.04 Å².